The molecule has 0 bridgehead atoms. The van der Waals surface area contributed by atoms with Gasteiger partial charge >= 0.3 is 11.9 Å². The zero-order valence-electron chi connectivity index (χ0n) is 20.5. The van der Waals surface area contributed by atoms with Gasteiger partial charge in [0.2, 0.25) is 5.91 Å². The first kappa shape index (κ1) is 28.2. The summed E-state index contributed by atoms with van der Waals surface area (Å²) in [6.07, 6.45) is -5.01. The van der Waals surface area contributed by atoms with Crippen LogP contribution >= 0.6 is 0 Å². The van der Waals surface area contributed by atoms with E-state index in [-0.39, 0.29) is 25.4 Å². The average Bonchev–Trinajstić information content (AvgIpc) is 2.91. The molecule has 0 aliphatic carbocycles. The van der Waals surface area contributed by atoms with Crippen LogP contribution in [0.3, 0.4) is 0 Å². The third-order valence-corrected chi connectivity index (χ3v) is 5.46. The van der Waals surface area contributed by atoms with E-state index < -0.39 is 48.5 Å². The molecule has 1 aliphatic rings. The Bertz CT molecular complexity index is 1010. The van der Waals surface area contributed by atoms with Crippen LogP contribution in [-0.4, -0.2) is 86.6 Å². The lowest BCUT2D eigenvalue weighted by Gasteiger charge is -2.43. The molecule has 2 aromatic carbocycles. The summed E-state index contributed by atoms with van der Waals surface area (Å²) in [5.74, 6) is -1.79. The van der Waals surface area contributed by atoms with Crippen LogP contribution in [0.4, 0.5) is 0 Å². The number of esters is 2. The topological polar surface area (TPSA) is 156 Å². The van der Waals surface area contributed by atoms with Crippen molar-refractivity contribution < 1.29 is 43.2 Å². The molecule has 1 fully saturated rings. The highest BCUT2D eigenvalue weighted by molar-refractivity contribution is 5.90. The second-order valence-corrected chi connectivity index (χ2v) is 8.23. The second kappa shape index (κ2) is 14.4. The first-order chi connectivity index (χ1) is 17.9. The maximum absolute atomic E-state index is 12.8. The number of rotatable bonds is 12. The van der Waals surface area contributed by atoms with Crippen molar-refractivity contribution in [3.8, 4) is 0 Å². The Balaban J connectivity index is 1.78. The zero-order valence-corrected chi connectivity index (χ0v) is 20.5. The van der Waals surface area contributed by atoms with E-state index in [9.17, 15) is 19.5 Å². The Labute approximate surface area is 214 Å². The molecule has 200 valence electrons. The van der Waals surface area contributed by atoms with Crippen LogP contribution in [-0.2, 0) is 28.5 Å². The van der Waals surface area contributed by atoms with Crippen molar-refractivity contribution in [1.29, 1.82) is 0 Å². The molecular weight excluding hydrogens is 484 g/mol. The number of carbonyl (C=O) groups is 3. The van der Waals surface area contributed by atoms with Crippen LogP contribution in [0.25, 0.3) is 0 Å². The summed E-state index contributed by atoms with van der Waals surface area (Å²) >= 11 is 0. The van der Waals surface area contributed by atoms with E-state index in [0.717, 1.165) is 0 Å². The lowest BCUT2D eigenvalue weighted by Crippen LogP contribution is -2.66. The van der Waals surface area contributed by atoms with E-state index in [2.05, 4.69) is 5.32 Å². The number of nitrogens with two attached hydrogens (primary N) is 1. The first-order valence-corrected chi connectivity index (χ1v) is 11.9. The van der Waals surface area contributed by atoms with Crippen molar-refractivity contribution in [3.63, 3.8) is 0 Å². The van der Waals surface area contributed by atoms with Crippen molar-refractivity contribution in [2.75, 3.05) is 33.0 Å². The number of hydrogen-bond acceptors (Lipinski definition) is 10. The molecule has 0 spiro atoms. The normalized spacial score (nSPS) is 23.2. The van der Waals surface area contributed by atoms with Gasteiger partial charge in [-0.15, -0.1) is 0 Å². The molecule has 11 heteroatoms. The summed E-state index contributed by atoms with van der Waals surface area (Å²) in [5.41, 5.74) is 5.99. The molecular formula is C26H32N2O9. The molecule has 2 aromatic rings. The summed E-state index contributed by atoms with van der Waals surface area (Å²) in [7, 11) is 0. The number of ether oxygens (including phenoxy) is 5. The number of hydrogen-bond donors (Lipinski definition) is 3. The van der Waals surface area contributed by atoms with Crippen LogP contribution < -0.4 is 11.1 Å². The SMILES string of the molecule is CC(=O)NC1C(OCCOCCN)OC(COC(=O)c2ccccc2)C(O)C1OC(=O)c1ccccc1. The van der Waals surface area contributed by atoms with Gasteiger partial charge < -0.3 is 39.8 Å². The average molecular weight is 517 g/mol. The highest BCUT2D eigenvalue weighted by atomic mass is 16.7. The summed E-state index contributed by atoms with van der Waals surface area (Å²) in [6, 6.07) is 15.5. The van der Waals surface area contributed by atoms with Gasteiger partial charge in [-0.25, -0.2) is 9.59 Å². The monoisotopic (exact) mass is 516 g/mol. The summed E-state index contributed by atoms with van der Waals surface area (Å²) in [6.45, 7) is 1.84. The molecule has 1 heterocycles. The minimum absolute atomic E-state index is 0.0622. The lowest BCUT2D eigenvalue weighted by molar-refractivity contribution is -0.271. The molecule has 5 atom stereocenters. The molecule has 0 saturated carbocycles. The molecule has 4 N–H and O–H groups in total. The Morgan fingerprint density at radius 2 is 1.57 bits per heavy atom. The number of nitrogens with one attached hydrogen (secondary N) is 1. The van der Waals surface area contributed by atoms with E-state index in [1.807, 2.05) is 0 Å². The van der Waals surface area contributed by atoms with Gasteiger partial charge in [-0.1, -0.05) is 36.4 Å². The van der Waals surface area contributed by atoms with E-state index in [1.54, 1.807) is 60.7 Å². The molecule has 11 nitrogen and oxygen atoms in total. The summed E-state index contributed by atoms with van der Waals surface area (Å²) in [5, 5.41) is 13.7. The van der Waals surface area contributed by atoms with Crippen molar-refractivity contribution in [1.82, 2.24) is 5.32 Å². The third-order valence-electron chi connectivity index (χ3n) is 5.46. The summed E-state index contributed by atoms with van der Waals surface area (Å²) < 4.78 is 28.0. The fraction of sp³-hybridized carbons (Fsp3) is 0.423. The van der Waals surface area contributed by atoms with Gasteiger partial charge in [-0.2, -0.15) is 0 Å². The van der Waals surface area contributed by atoms with Crippen molar-refractivity contribution in [3.05, 3.63) is 71.8 Å². The minimum Gasteiger partial charge on any atom is -0.459 e. The van der Waals surface area contributed by atoms with Gasteiger partial charge in [-0.3, -0.25) is 4.79 Å². The first-order valence-electron chi connectivity index (χ1n) is 11.9. The Hall–Kier alpha value is -3.35. The molecule has 1 aliphatic heterocycles. The van der Waals surface area contributed by atoms with Crippen LogP contribution in [0.1, 0.15) is 27.6 Å². The summed E-state index contributed by atoms with van der Waals surface area (Å²) in [4.78, 5) is 37.3. The Kier molecular flexibility index (Phi) is 11.0. The number of amides is 1. The van der Waals surface area contributed by atoms with E-state index >= 15 is 0 Å². The van der Waals surface area contributed by atoms with E-state index in [1.165, 1.54) is 6.92 Å². The zero-order chi connectivity index (χ0) is 26.6. The molecule has 0 radical (unpaired) electrons. The van der Waals surface area contributed by atoms with Gasteiger partial charge in [0, 0.05) is 13.5 Å². The van der Waals surface area contributed by atoms with Gasteiger partial charge in [0.05, 0.1) is 30.9 Å². The lowest BCUT2D eigenvalue weighted by atomic mass is 9.96. The largest absolute Gasteiger partial charge is 0.459 e. The number of benzene rings is 2. The van der Waals surface area contributed by atoms with E-state index in [4.69, 9.17) is 29.4 Å². The van der Waals surface area contributed by atoms with E-state index in [0.29, 0.717) is 18.7 Å². The smallest absolute Gasteiger partial charge is 0.338 e. The molecule has 1 saturated heterocycles. The maximum atomic E-state index is 12.8. The van der Waals surface area contributed by atoms with Crippen LogP contribution in [0.2, 0.25) is 0 Å². The number of aliphatic hydroxyl groups is 1. The van der Waals surface area contributed by atoms with Gasteiger partial charge in [0.25, 0.3) is 0 Å². The van der Waals surface area contributed by atoms with Crippen molar-refractivity contribution in [2.45, 2.75) is 37.6 Å². The maximum Gasteiger partial charge on any atom is 0.338 e. The van der Waals surface area contributed by atoms with Crippen LogP contribution in [0.15, 0.2) is 60.7 Å². The molecule has 5 unspecified atom stereocenters. The minimum atomic E-state index is -1.46. The fourth-order valence-corrected chi connectivity index (χ4v) is 3.71. The van der Waals surface area contributed by atoms with Crippen molar-refractivity contribution in [2.24, 2.45) is 5.73 Å². The van der Waals surface area contributed by atoms with Crippen LogP contribution in [0, 0.1) is 0 Å². The number of carbonyl (C=O) groups excluding carboxylic acids is 3. The molecule has 0 aromatic heterocycles. The quantitative estimate of drug-likeness (QED) is 0.270. The van der Waals surface area contributed by atoms with Gasteiger partial charge in [-0.05, 0) is 24.3 Å². The van der Waals surface area contributed by atoms with Gasteiger partial charge in [0.15, 0.2) is 12.4 Å². The standard InChI is InChI=1S/C26H32N2O9/c1-17(29)28-21-23(37-25(32)19-10-6-3-7-11-19)22(30)20(36-26(21)34-15-14-33-13-12-27)16-35-24(31)18-8-4-2-5-9-18/h2-11,20-23,26,30H,12-16,27H2,1H3,(H,28,29). The molecule has 1 amide bonds. The second-order valence-electron chi connectivity index (χ2n) is 8.23. The fourth-order valence-electron chi connectivity index (χ4n) is 3.71. The highest BCUT2D eigenvalue weighted by Gasteiger charge is 2.49. The number of aliphatic hydroxyl groups excluding tert-OH is 1. The Morgan fingerprint density at radius 3 is 2.16 bits per heavy atom. The Morgan fingerprint density at radius 1 is 0.946 bits per heavy atom. The highest BCUT2D eigenvalue weighted by Crippen LogP contribution is 2.26. The molecule has 3 rings (SSSR count). The molecule has 37 heavy (non-hydrogen) atoms. The van der Waals surface area contributed by atoms with Crippen molar-refractivity contribution >= 4 is 17.8 Å². The predicted octanol–water partition coefficient (Wildman–Crippen LogP) is 0.651. The predicted molar refractivity (Wildman–Crippen MR) is 130 cm³/mol. The van der Waals surface area contributed by atoms with Gasteiger partial charge in [0.1, 0.15) is 24.9 Å². The third kappa shape index (κ3) is 8.34. The van der Waals surface area contributed by atoms with Crippen LogP contribution in [0.5, 0.6) is 0 Å².